The fourth-order valence-electron chi connectivity index (χ4n) is 1.42. The minimum absolute atomic E-state index is 0.0691. The van der Waals surface area contributed by atoms with Crippen LogP contribution >= 0.6 is 38.5 Å². The second-order valence-corrected chi connectivity index (χ2v) is 6.24. The third kappa shape index (κ3) is 5.02. The zero-order chi connectivity index (χ0) is 14.6. The minimum Gasteiger partial charge on any atom is -0.389 e. The van der Waals surface area contributed by atoms with Crippen molar-refractivity contribution in [3.05, 3.63) is 31.8 Å². The number of esters is 2. The Morgan fingerprint density at radius 2 is 2.00 bits per heavy atom. The number of ether oxygens (including phenoxy) is 1. The predicted octanol–water partition coefficient (Wildman–Crippen LogP) is 3.35. The highest BCUT2D eigenvalue weighted by atomic mass is 127. The molecule has 0 saturated carbocycles. The molecule has 6 heteroatoms. The molecule has 0 aliphatic heterocycles. The lowest BCUT2D eigenvalue weighted by Crippen LogP contribution is -2.21. The second kappa shape index (κ2) is 7.14. The Labute approximate surface area is 133 Å². The van der Waals surface area contributed by atoms with E-state index in [9.17, 15) is 14.4 Å². The zero-order valence-electron chi connectivity index (χ0n) is 10.4. The molecule has 19 heavy (non-hydrogen) atoms. The second-order valence-electron chi connectivity index (χ2n) is 4.14. The molecule has 0 amide bonds. The van der Waals surface area contributed by atoms with Crippen molar-refractivity contribution in [3.63, 3.8) is 0 Å². The van der Waals surface area contributed by atoms with Crippen LogP contribution in [0.2, 0.25) is 0 Å². The van der Waals surface area contributed by atoms with Gasteiger partial charge in [0.15, 0.2) is 0 Å². The summed E-state index contributed by atoms with van der Waals surface area (Å²) in [7, 11) is 0. The van der Waals surface area contributed by atoms with Crippen LogP contribution in [0.1, 0.15) is 30.6 Å². The van der Waals surface area contributed by atoms with Crippen LogP contribution in [0.15, 0.2) is 22.7 Å². The molecule has 0 fully saturated rings. The molecule has 0 radical (unpaired) electrons. The molecule has 0 aromatic heterocycles. The van der Waals surface area contributed by atoms with Crippen LogP contribution in [0.4, 0.5) is 0 Å². The van der Waals surface area contributed by atoms with Gasteiger partial charge in [-0.3, -0.25) is 4.79 Å². The van der Waals surface area contributed by atoms with Gasteiger partial charge in [-0.1, -0.05) is 6.92 Å². The molecule has 0 aliphatic rings. The molecule has 0 spiro atoms. The lowest BCUT2D eigenvalue weighted by atomic mass is 10.1. The minimum atomic E-state index is -0.717. The Morgan fingerprint density at radius 1 is 1.37 bits per heavy atom. The van der Waals surface area contributed by atoms with Gasteiger partial charge in [0.1, 0.15) is 5.78 Å². The molecule has 1 atom stereocenters. The summed E-state index contributed by atoms with van der Waals surface area (Å²) in [5.41, 5.74) is 0.287. The van der Waals surface area contributed by atoms with Crippen molar-refractivity contribution < 1.29 is 19.1 Å². The third-order valence-electron chi connectivity index (χ3n) is 2.34. The van der Waals surface area contributed by atoms with Crippen LogP contribution in [0, 0.1) is 9.49 Å². The quantitative estimate of drug-likeness (QED) is 0.411. The van der Waals surface area contributed by atoms with Crippen LogP contribution in [-0.2, 0) is 14.3 Å². The van der Waals surface area contributed by atoms with E-state index in [0.717, 1.165) is 3.57 Å². The van der Waals surface area contributed by atoms with Crippen molar-refractivity contribution in [2.75, 3.05) is 0 Å². The van der Waals surface area contributed by atoms with Crippen molar-refractivity contribution in [2.45, 2.75) is 20.3 Å². The maximum Gasteiger partial charge on any atom is 0.346 e. The molecule has 1 unspecified atom stereocenters. The van der Waals surface area contributed by atoms with Crippen LogP contribution in [0.25, 0.3) is 0 Å². The lowest BCUT2D eigenvalue weighted by molar-refractivity contribution is -0.143. The van der Waals surface area contributed by atoms with Gasteiger partial charge in [-0.25, -0.2) is 4.79 Å². The van der Waals surface area contributed by atoms with Gasteiger partial charge < -0.3 is 9.53 Å². The Morgan fingerprint density at radius 3 is 2.58 bits per heavy atom. The Kier molecular flexibility index (Phi) is 6.12. The summed E-state index contributed by atoms with van der Waals surface area (Å²) in [5.74, 6) is -2.15. The molecule has 102 valence electrons. The highest BCUT2D eigenvalue weighted by molar-refractivity contribution is 14.1. The molecule has 1 aromatic carbocycles. The van der Waals surface area contributed by atoms with Crippen LogP contribution in [0.3, 0.4) is 0 Å². The largest absolute Gasteiger partial charge is 0.389 e. The highest BCUT2D eigenvalue weighted by Gasteiger charge is 2.22. The number of carbonyl (C=O) groups is 3. The number of ketones is 1. The molecule has 4 nitrogen and oxygen atoms in total. The normalized spacial score (nSPS) is 11.8. The van der Waals surface area contributed by atoms with Crippen molar-refractivity contribution >= 4 is 56.2 Å². The average molecular weight is 439 g/mol. The number of rotatable bonds is 4. The SMILES string of the molecule is CC(=O)CC(C)C(=O)OC(=O)c1cc(I)ccc1Br. The summed E-state index contributed by atoms with van der Waals surface area (Å²) in [6, 6.07) is 5.15. The van der Waals surface area contributed by atoms with Gasteiger partial charge in [-0.05, 0) is 63.6 Å². The van der Waals surface area contributed by atoms with E-state index in [2.05, 4.69) is 38.5 Å². The summed E-state index contributed by atoms with van der Waals surface area (Å²) >= 11 is 5.29. The molecule has 1 rings (SSSR count). The standard InChI is InChI=1S/C13H12BrIO4/c1-7(5-8(2)16)12(17)19-13(18)10-6-9(15)3-4-11(10)14/h3-4,6-7H,5H2,1-2H3. The Bertz CT molecular complexity index is 527. The van der Waals surface area contributed by atoms with E-state index < -0.39 is 17.9 Å². The zero-order valence-corrected chi connectivity index (χ0v) is 14.1. The first-order valence-electron chi connectivity index (χ1n) is 5.51. The number of Topliss-reactive ketones (excluding diaryl/α,β-unsaturated/α-hetero) is 1. The molecule has 0 heterocycles. The highest BCUT2D eigenvalue weighted by Crippen LogP contribution is 2.21. The Balaban J connectivity index is 2.77. The van der Waals surface area contributed by atoms with Gasteiger partial charge in [0.2, 0.25) is 0 Å². The monoisotopic (exact) mass is 438 g/mol. The smallest absolute Gasteiger partial charge is 0.346 e. The molecule has 1 aromatic rings. The van der Waals surface area contributed by atoms with E-state index in [1.807, 2.05) is 6.07 Å². The van der Waals surface area contributed by atoms with Gasteiger partial charge in [0.25, 0.3) is 0 Å². The number of carbonyl (C=O) groups excluding carboxylic acids is 3. The van der Waals surface area contributed by atoms with Gasteiger partial charge in [0.05, 0.1) is 11.5 Å². The molecule has 0 saturated heterocycles. The fourth-order valence-corrected chi connectivity index (χ4v) is 2.32. The summed E-state index contributed by atoms with van der Waals surface area (Å²) in [6.45, 7) is 2.95. The number of halogens is 2. The molecular formula is C13H12BrIO4. The first kappa shape index (κ1) is 16.3. The van der Waals surface area contributed by atoms with E-state index in [0.29, 0.717) is 4.47 Å². The Hall–Kier alpha value is -0.760. The number of hydrogen-bond donors (Lipinski definition) is 0. The number of hydrogen-bond acceptors (Lipinski definition) is 4. The third-order valence-corrected chi connectivity index (χ3v) is 3.70. The lowest BCUT2D eigenvalue weighted by Gasteiger charge is -2.09. The van der Waals surface area contributed by atoms with E-state index in [1.54, 1.807) is 19.1 Å². The van der Waals surface area contributed by atoms with E-state index in [1.165, 1.54) is 6.92 Å². The van der Waals surface area contributed by atoms with Crippen molar-refractivity contribution in [2.24, 2.45) is 5.92 Å². The molecular weight excluding hydrogens is 427 g/mol. The number of benzene rings is 1. The molecule has 0 bridgehead atoms. The van der Waals surface area contributed by atoms with Gasteiger partial charge in [-0.15, -0.1) is 0 Å². The van der Waals surface area contributed by atoms with Crippen LogP contribution < -0.4 is 0 Å². The maximum atomic E-state index is 11.9. The predicted molar refractivity (Wildman–Crippen MR) is 81.7 cm³/mol. The first-order valence-corrected chi connectivity index (χ1v) is 7.39. The van der Waals surface area contributed by atoms with Gasteiger partial charge in [-0.2, -0.15) is 0 Å². The van der Waals surface area contributed by atoms with E-state index in [-0.39, 0.29) is 17.8 Å². The van der Waals surface area contributed by atoms with Crippen molar-refractivity contribution in [1.82, 2.24) is 0 Å². The van der Waals surface area contributed by atoms with Crippen LogP contribution in [-0.4, -0.2) is 17.7 Å². The first-order chi connectivity index (χ1) is 8.81. The molecule has 0 N–H and O–H groups in total. The van der Waals surface area contributed by atoms with E-state index in [4.69, 9.17) is 4.74 Å². The van der Waals surface area contributed by atoms with Crippen molar-refractivity contribution in [1.29, 1.82) is 0 Å². The van der Waals surface area contributed by atoms with E-state index >= 15 is 0 Å². The summed E-state index contributed by atoms with van der Waals surface area (Å²) < 4.78 is 6.19. The van der Waals surface area contributed by atoms with Gasteiger partial charge >= 0.3 is 11.9 Å². The topological polar surface area (TPSA) is 60.4 Å². The molecule has 0 aliphatic carbocycles. The van der Waals surface area contributed by atoms with Crippen LogP contribution in [0.5, 0.6) is 0 Å². The average Bonchev–Trinajstić information content (AvgIpc) is 2.31. The van der Waals surface area contributed by atoms with Crippen molar-refractivity contribution in [3.8, 4) is 0 Å². The maximum absolute atomic E-state index is 11.9. The fraction of sp³-hybridized carbons (Fsp3) is 0.308. The summed E-state index contributed by atoms with van der Waals surface area (Å²) in [5, 5.41) is 0. The summed E-state index contributed by atoms with van der Waals surface area (Å²) in [4.78, 5) is 34.4. The van der Waals surface area contributed by atoms with Gasteiger partial charge in [0, 0.05) is 14.5 Å². The summed E-state index contributed by atoms with van der Waals surface area (Å²) in [6.07, 6.45) is 0.0691.